The zero-order valence-electron chi connectivity index (χ0n) is 14.6. The summed E-state index contributed by atoms with van der Waals surface area (Å²) in [5.74, 6) is 0.544. The van der Waals surface area contributed by atoms with Gasteiger partial charge >= 0.3 is 0 Å². The highest BCUT2D eigenvalue weighted by atomic mass is 35.5. The number of carbonyl (C=O) groups excluding carboxylic acids is 1. The Bertz CT molecular complexity index is 576. The third kappa shape index (κ3) is 6.89. The number of hydrogen-bond donors (Lipinski definition) is 3. The molecule has 1 aromatic rings. The minimum Gasteiger partial charge on any atom is -0.379 e. The lowest BCUT2D eigenvalue weighted by Crippen LogP contribution is -2.45. The van der Waals surface area contributed by atoms with Gasteiger partial charge in [-0.25, -0.2) is 0 Å². The molecular weight excluding hydrogens is 342 g/mol. The van der Waals surface area contributed by atoms with Gasteiger partial charge in [0.25, 0.3) is 5.91 Å². The Morgan fingerprint density at radius 3 is 2.56 bits per heavy atom. The summed E-state index contributed by atoms with van der Waals surface area (Å²) in [6, 6.07) is 7.00. The van der Waals surface area contributed by atoms with Gasteiger partial charge in [-0.05, 0) is 12.1 Å². The summed E-state index contributed by atoms with van der Waals surface area (Å²) in [5.41, 5.74) is 0.484. The molecule has 1 aliphatic rings. The van der Waals surface area contributed by atoms with Crippen molar-refractivity contribution in [3.05, 3.63) is 34.9 Å². The maximum atomic E-state index is 12.0. The van der Waals surface area contributed by atoms with Gasteiger partial charge in [-0.3, -0.25) is 14.7 Å². The van der Waals surface area contributed by atoms with Crippen LogP contribution in [0.1, 0.15) is 10.4 Å². The minimum atomic E-state index is -0.178. The molecule has 0 spiro atoms. The van der Waals surface area contributed by atoms with Crippen molar-refractivity contribution in [3.8, 4) is 0 Å². The van der Waals surface area contributed by atoms with Crippen LogP contribution in [0.3, 0.4) is 0 Å². The maximum Gasteiger partial charge on any atom is 0.252 e. The van der Waals surface area contributed by atoms with Crippen LogP contribution in [0, 0.1) is 0 Å². The number of ether oxygens (including phenoxy) is 1. The van der Waals surface area contributed by atoms with Crippen LogP contribution in [-0.4, -0.2) is 76.3 Å². The van der Waals surface area contributed by atoms with Crippen molar-refractivity contribution >= 4 is 23.5 Å². The zero-order chi connectivity index (χ0) is 17.9. The molecule has 0 saturated carbocycles. The van der Waals surface area contributed by atoms with E-state index in [1.807, 2.05) is 0 Å². The molecule has 0 unspecified atom stereocenters. The van der Waals surface area contributed by atoms with E-state index in [1.54, 1.807) is 31.3 Å². The van der Waals surface area contributed by atoms with Gasteiger partial charge < -0.3 is 20.7 Å². The first kappa shape index (κ1) is 19.5. The molecule has 138 valence electrons. The molecular formula is C17H26ClN5O2. The van der Waals surface area contributed by atoms with Crippen LogP contribution in [0.25, 0.3) is 0 Å². The van der Waals surface area contributed by atoms with Crippen molar-refractivity contribution in [2.45, 2.75) is 0 Å². The fourth-order valence-electron chi connectivity index (χ4n) is 2.48. The van der Waals surface area contributed by atoms with Crippen molar-refractivity contribution in [2.75, 3.05) is 59.5 Å². The molecule has 0 aromatic heterocycles. The van der Waals surface area contributed by atoms with Crippen molar-refractivity contribution in [1.82, 2.24) is 20.9 Å². The summed E-state index contributed by atoms with van der Waals surface area (Å²) in [6.07, 6.45) is 0. The smallest absolute Gasteiger partial charge is 0.252 e. The standard InChI is InChI=1S/C17H26ClN5O2/c1-19-17(22-8-9-23-10-12-25-13-11-23)21-7-6-20-16(24)14-4-2-3-5-15(14)18/h2-5H,6-13H2,1H3,(H,20,24)(H2,19,21,22). The largest absolute Gasteiger partial charge is 0.379 e. The van der Waals surface area contributed by atoms with E-state index in [0.717, 1.165) is 45.4 Å². The quantitative estimate of drug-likeness (QED) is 0.373. The van der Waals surface area contributed by atoms with Crippen LogP contribution in [0.4, 0.5) is 0 Å². The van der Waals surface area contributed by atoms with Gasteiger partial charge in [0.1, 0.15) is 0 Å². The minimum absolute atomic E-state index is 0.178. The molecule has 1 aliphatic heterocycles. The molecule has 0 bridgehead atoms. The number of benzene rings is 1. The number of morpholine rings is 1. The fourth-order valence-corrected chi connectivity index (χ4v) is 2.70. The molecule has 2 rings (SSSR count). The Labute approximate surface area is 153 Å². The van der Waals surface area contributed by atoms with Gasteiger partial charge in [0.15, 0.2) is 5.96 Å². The number of nitrogens with zero attached hydrogens (tertiary/aromatic N) is 2. The lowest BCUT2D eigenvalue weighted by molar-refractivity contribution is 0.0389. The first-order valence-corrected chi connectivity index (χ1v) is 8.86. The second-order valence-electron chi connectivity index (χ2n) is 5.62. The summed E-state index contributed by atoms with van der Waals surface area (Å²) >= 11 is 6.01. The summed E-state index contributed by atoms with van der Waals surface area (Å²) in [4.78, 5) is 18.6. The number of nitrogens with one attached hydrogen (secondary N) is 3. The fraction of sp³-hybridized carbons (Fsp3) is 0.529. The normalized spacial score (nSPS) is 15.7. The van der Waals surface area contributed by atoms with Gasteiger partial charge in [0, 0.05) is 46.3 Å². The summed E-state index contributed by atoms with van der Waals surface area (Å²) in [7, 11) is 1.73. The highest BCUT2D eigenvalue weighted by molar-refractivity contribution is 6.33. The first-order valence-electron chi connectivity index (χ1n) is 8.48. The molecule has 0 aliphatic carbocycles. The SMILES string of the molecule is CN=C(NCCNC(=O)c1ccccc1Cl)NCCN1CCOCC1. The van der Waals surface area contributed by atoms with Gasteiger partial charge in [0.05, 0.1) is 23.8 Å². The Morgan fingerprint density at radius 1 is 1.16 bits per heavy atom. The van der Waals surface area contributed by atoms with Crippen molar-refractivity contribution in [3.63, 3.8) is 0 Å². The van der Waals surface area contributed by atoms with E-state index in [9.17, 15) is 4.79 Å². The highest BCUT2D eigenvalue weighted by Crippen LogP contribution is 2.14. The van der Waals surface area contributed by atoms with E-state index >= 15 is 0 Å². The number of rotatable bonds is 7. The number of amides is 1. The van der Waals surface area contributed by atoms with Gasteiger partial charge in [0.2, 0.25) is 0 Å². The van der Waals surface area contributed by atoms with E-state index in [1.165, 1.54) is 0 Å². The molecule has 1 aromatic carbocycles. The summed E-state index contributed by atoms with van der Waals surface area (Å²) in [6.45, 7) is 6.38. The molecule has 1 amide bonds. The average Bonchev–Trinajstić information content (AvgIpc) is 2.64. The highest BCUT2D eigenvalue weighted by Gasteiger charge is 2.10. The van der Waals surface area contributed by atoms with Crippen LogP contribution in [0.5, 0.6) is 0 Å². The van der Waals surface area contributed by atoms with E-state index in [2.05, 4.69) is 25.8 Å². The summed E-state index contributed by atoms with van der Waals surface area (Å²) in [5, 5.41) is 9.73. The molecule has 1 heterocycles. The lowest BCUT2D eigenvalue weighted by Gasteiger charge is -2.26. The van der Waals surface area contributed by atoms with E-state index in [-0.39, 0.29) is 5.91 Å². The molecule has 1 saturated heterocycles. The predicted octanol–water partition coefficient (Wildman–Crippen LogP) is 0.567. The number of hydrogen-bond acceptors (Lipinski definition) is 4. The summed E-state index contributed by atoms with van der Waals surface area (Å²) < 4.78 is 5.33. The van der Waals surface area contributed by atoms with Crippen molar-refractivity contribution < 1.29 is 9.53 Å². The zero-order valence-corrected chi connectivity index (χ0v) is 15.3. The molecule has 25 heavy (non-hydrogen) atoms. The Kier molecular flexibility index (Phi) is 8.51. The van der Waals surface area contributed by atoms with E-state index in [4.69, 9.17) is 16.3 Å². The molecule has 3 N–H and O–H groups in total. The second-order valence-corrected chi connectivity index (χ2v) is 6.02. The van der Waals surface area contributed by atoms with Gasteiger partial charge in [-0.15, -0.1) is 0 Å². The Hall–Kier alpha value is -1.83. The van der Waals surface area contributed by atoms with Crippen LogP contribution in [0.15, 0.2) is 29.3 Å². The Balaban J connectivity index is 1.60. The van der Waals surface area contributed by atoms with Crippen LogP contribution in [-0.2, 0) is 4.74 Å². The molecule has 0 radical (unpaired) electrons. The third-order valence-electron chi connectivity index (χ3n) is 3.87. The van der Waals surface area contributed by atoms with Crippen molar-refractivity contribution in [1.29, 1.82) is 0 Å². The number of aliphatic imine (C=N–C) groups is 1. The van der Waals surface area contributed by atoms with Crippen LogP contribution >= 0.6 is 11.6 Å². The first-order chi connectivity index (χ1) is 12.2. The third-order valence-corrected chi connectivity index (χ3v) is 4.20. The van der Waals surface area contributed by atoms with E-state index < -0.39 is 0 Å². The maximum absolute atomic E-state index is 12.0. The molecule has 7 nitrogen and oxygen atoms in total. The predicted molar refractivity (Wildman–Crippen MR) is 100 cm³/mol. The molecule has 1 fully saturated rings. The van der Waals surface area contributed by atoms with Crippen LogP contribution in [0.2, 0.25) is 5.02 Å². The van der Waals surface area contributed by atoms with Gasteiger partial charge in [-0.1, -0.05) is 23.7 Å². The van der Waals surface area contributed by atoms with Crippen LogP contribution < -0.4 is 16.0 Å². The molecule has 8 heteroatoms. The van der Waals surface area contributed by atoms with E-state index in [0.29, 0.717) is 23.7 Å². The topological polar surface area (TPSA) is 78.0 Å². The molecule has 0 atom stereocenters. The average molecular weight is 368 g/mol. The lowest BCUT2D eigenvalue weighted by atomic mass is 10.2. The number of guanidine groups is 1. The second kappa shape index (κ2) is 10.9. The Morgan fingerprint density at radius 2 is 1.84 bits per heavy atom. The van der Waals surface area contributed by atoms with Crippen molar-refractivity contribution in [2.24, 2.45) is 4.99 Å². The van der Waals surface area contributed by atoms with Gasteiger partial charge in [-0.2, -0.15) is 0 Å². The number of halogens is 1. The monoisotopic (exact) mass is 367 g/mol. The number of carbonyl (C=O) groups is 1.